The van der Waals surface area contributed by atoms with Gasteiger partial charge >= 0.3 is 0 Å². The highest BCUT2D eigenvalue weighted by Gasteiger charge is 2.41. The van der Waals surface area contributed by atoms with Gasteiger partial charge in [-0.25, -0.2) is 8.78 Å². The number of carbonyl (C=O) groups excluding carboxylic acids is 1. The van der Waals surface area contributed by atoms with Gasteiger partial charge in [-0.15, -0.1) is 0 Å². The molecule has 1 atom stereocenters. The maximum absolute atomic E-state index is 13.8. The Bertz CT molecular complexity index is 741. The van der Waals surface area contributed by atoms with E-state index >= 15 is 0 Å². The van der Waals surface area contributed by atoms with Crippen molar-refractivity contribution in [3.63, 3.8) is 0 Å². The van der Waals surface area contributed by atoms with E-state index in [9.17, 15) is 18.7 Å². The molecule has 2 aromatic rings. The first-order valence-electron chi connectivity index (χ1n) is 8.71. The molecule has 4 nitrogen and oxygen atoms in total. The number of benzene rings is 2. The van der Waals surface area contributed by atoms with Gasteiger partial charge in [0.2, 0.25) is 5.91 Å². The van der Waals surface area contributed by atoms with Crippen LogP contribution in [0, 0.1) is 11.6 Å². The first kappa shape index (κ1) is 18.5. The summed E-state index contributed by atoms with van der Waals surface area (Å²) in [6, 6.07) is 12.9. The lowest BCUT2D eigenvalue weighted by Gasteiger charge is -2.37. The molecule has 1 fully saturated rings. The van der Waals surface area contributed by atoms with Gasteiger partial charge in [0, 0.05) is 6.54 Å². The molecule has 0 spiro atoms. The summed E-state index contributed by atoms with van der Waals surface area (Å²) in [7, 11) is 0. The van der Waals surface area contributed by atoms with Crippen molar-refractivity contribution in [1.82, 2.24) is 10.6 Å². The van der Waals surface area contributed by atoms with Crippen LogP contribution in [0.5, 0.6) is 0 Å². The van der Waals surface area contributed by atoms with Gasteiger partial charge in [0.15, 0.2) is 0 Å². The van der Waals surface area contributed by atoms with Crippen molar-refractivity contribution >= 4 is 5.91 Å². The molecule has 0 unspecified atom stereocenters. The van der Waals surface area contributed by atoms with Crippen molar-refractivity contribution in [2.45, 2.75) is 24.4 Å². The third-order valence-corrected chi connectivity index (χ3v) is 5.01. The van der Waals surface area contributed by atoms with Gasteiger partial charge in [0.25, 0.3) is 0 Å². The Morgan fingerprint density at radius 3 is 2.31 bits per heavy atom. The van der Waals surface area contributed by atoms with Gasteiger partial charge in [0.05, 0.1) is 11.0 Å². The second-order valence-corrected chi connectivity index (χ2v) is 6.56. The number of piperidine rings is 1. The van der Waals surface area contributed by atoms with Crippen LogP contribution in [0.4, 0.5) is 8.78 Å². The molecule has 3 N–H and O–H groups in total. The average molecular weight is 360 g/mol. The highest BCUT2D eigenvalue weighted by atomic mass is 19.1. The Morgan fingerprint density at radius 1 is 1.08 bits per heavy atom. The van der Waals surface area contributed by atoms with Gasteiger partial charge in [-0.3, -0.25) is 4.79 Å². The quantitative estimate of drug-likeness (QED) is 0.768. The Balaban J connectivity index is 1.77. The molecule has 6 heteroatoms. The summed E-state index contributed by atoms with van der Waals surface area (Å²) in [6.45, 7) is 1.15. The van der Waals surface area contributed by atoms with Gasteiger partial charge in [-0.1, -0.05) is 36.4 Å². The van der Waals surface area contributed by atoms with Crippen LogP contribution in [0.1, 0.15) is 30.1 Å². The molecule has 1 aliphatic heterocycles. The number of aliphatic hydroxyl groups is 1. The van der Waals surface area contributed by atoms with Crippen LogP contribution in [-0.4, -0.2) is 30.6 Å². The Morgan fingerprint density at radius 2 is 1.69 bits per heavy atom. The number of rotatable bonds is 5. The van der Waals surface area contributed by atoms with Crippen LogP contribution in [0.15, 0.2) is 48.5 Å². The minimum absolute atomic E-state index is 0.235. The lowest BCUT2D eigenvalue weighted by Crippen LogP contribution is -2.51. The summed E-state index contributed by atoms with van der Waals surface area (Å²) in [5.41, 5.74) is -0.225. The van der Waals surface area contributed by atoms with Crippen molar-refractivity contribution in [2.75, 3.05) is 19.6 Å². The number of carbonyl (C=O) groups is 1. The summed E-state index contributed by atoms with van der Waals surface area (Å²) in [4.78, 5) is 13.0. The number of amides is 1. The highest BCUT2D eigenvalue weighted by molar-refractivity contribution is 5.88. The molecule has 0 aliphatic carbocycles. The molecule has 0 saturated carbocycles. The van der Waals surface area contributed by atoms with Crippen molar-refractivity contribution < 1.29 is 18.7 Å². The molecule has 2 aromatic carbocycles. The zero-order chi connectivity index (χ0) is 18.6. The second-order valence-electron chi connectivity index (χ2n) is 6.56. The van der Waals surface area contributed by atoms with E-state index < -0.39 is 28.7 Å². The molecule has 138 valence electrons. The maximum atomic E-state index is 13.8. The van der Waals surface area contributed by atoms with E-state index in [-0.39, 0.29) is 12.5 Å². The van der Waals surface area contributed by atoms with E-state index in [1.54, 1.807) is 0 Å². The van der Waals surface area contributed by atoms with Gasteiger partial charge in [-0.2, -0.15) is 0 Å². The molecule has 1 amide bonds. The first-order chi connectivity index (χ1) is 12.5. The molecule has 3 rings (SSSR count). The minimum Gasteiger partial charge on any atom is -0.386 e. The van der Waals surface area contributed by atoms with E-state index in [0.717, 1.165) is 17.7 Å². The molecule has 26 heavy (non-hydrogen) atoms. The highest BCUT2D eigenvalue weighted by Crippen LogP contribution is 2.34. The smallest absolute Gasteiger partial charge is 0.230 e. The monoisotopic (exact) mass is 360 g/mol. The maximum Gasteiger partial charge on any atom is 0.230 e. The van der Waals surface area contributed by atoms with E-state index in [1.807, 2.05) is 30.3 Å². The average Bonchev–Trinajstić information content (AvgIpc) is 2.67. The first-order valence-corrected chi connectivity index (χ1v) is 8.71. The van der Waals surface area contributed by atoms with Crippen LogP contribution in [-0.2, 0) is 10.2 Å². The normalized spacial score (nSPS) is 17.5. The summed E-state index contributed by atoms with van der Waals surface area (Å²) in [5, 5.41) is 16.1. The summed E-state index contributed by atoms with van der Waals surface area (Å²) >= 11 is 0. The van der Waals surface area contributed by atoms with E-state index in [0.29, 0.717) is 25.9 Å². The molecule has 0 aromatic heterocycles. The van der Waals surface area contributed by atoms with Crippen molar-refractivity contribution in [3.05, 3.63) is 71.3 Å². The minimum atomic E-state index is -1.45. The van der Waals surface area contributed by atoms with Crippen LogP contribution in [0.3, 0.4) is 0 Å². The molecule has 1 aliphatic rings. The fourth-order valence-corrected chi connectivity index (χ4v) is 3.55. The number of hydrogen-bond acceptors (Lipinski definition) is 3. The van der Waals surface area contributed by atoms with Crippen LogP contribution in [0.2, 0.25) is 0 Å². The fourth-order valence-electron chi connectivity index (χ4n) is 3.55. The number of nitrogens with one attached hydrogen (secondary N) is 2. The standard InChI is InChI=1S/C20H22F2N2O2/c21-15-7-4-8-16(22)18(15)17(25)13-24-19(26)20(9-11-23-12-10-20)14-5-2-1-3-6-14/h1-8,17,23,25H,9-13H2,(H,24,26)/t17-/m0/s1. The fraction of sp³-hybridized carbons (Fsp3) is 0.350. The molecule has 1 heterocycles. The lowest BCUT2D eigenvalue weighted by atomic mass is 9.72. The second kappa shape index (κ2) is 7.93. The van der Waals surface area contributed by atoms with Gasteiger partial charge in [0.1, 0.15) is 17.7 Å². The van der Waals surface area contributed by atoms with Crippen LogP contribution in [0.25, 0.3) is 0 Å². The predicted molar refractivity (Wildman–Crippen MR) is 94.6 cm³/mol. The lowest BCUT2D eigenvalue weighted by molar-refractivity contribution is -0.128. The Kier molecular flexibility index (Phi) is 5.64. The van der Waals surface area contributed by atoms with E-state index in [4.69, 9.17) is 0 Å². The van der Waals surface area contributed by atoms with Crippen molar-refractivity contribution in [1.29, 1.82) is 0 Å². The Labute approximate surface area is 151 Å². The summed E-state index contributed by atoms with van der Waals surface area (Å²) in [6.07, 6.45) is -0.213. The van der Waals surface area contributed by atoms with Crippen molar-refractivity contribution in [2.24, 2.45) is 0 Å². The number of aliphatic hydroxyl groups excluding tert-OH is 1. The molecule has 0 bridgehead atoms. The largest absolute Gasteiger partial charge is 0.386 e. The predicted octanol–water partition coefficient (Wildman–Crippen LogP) is 2.44. The number of hydrogen-bond donors (Lipinski definition) is 3. The molecule has 1 saturated heterocycles. The zero-order valence-corrected chi connectivity index (χ0v) is 14.3. The SMILES string of the molecule is O=C(NC[C@H](O)c1c(F)cccc1F)C1(c2ccccc2)CCNCC1. The molecule has 0 radical (unpaired) electrons. The van der Waals surface area contributed by atoms with E-state index in [2.05, 4.69) is 10.6 Å². The molecular weight excluding hydrogens is 338 g/mol. The third-order valence-electron chi connectivity index (χ3n) is 5.01. The topological polar surface area (TPSA) is 61.4 Å². The number of halogens is 2. The van der Waals surface area contributed by atoms with Gasteiger partial charge < -0.3 is 15.7 Å². The summed E-state index contributed by atoms with van der Waals surface area (Å²) in [5.74, 6) is -1.89. The van der Waals surface area contributed by atoms with Gasteiger partial charge in [-0.05, 0) is 43.6 Å². The van der Waals surface area contributed by atoms with Crippen LogP contribution < -0.4 is 10.6 Å². The Hall–Kier alpha value is -2.31. The molecular formula is C20H22F2N2O2. The van der Waals surface area contributed by atoms with E-state index in [1.165, 1.54) is 6.07 Å². The summed E-state index contributed by atoms with van der Waals surface area (Å²) < 4.78 is 27.6. The third kappa shape index (κ3) is 3.61. The van der Waals surface area contributed by atoms with Crippen LogP contribution >= 0.6 is 0 Å². The zero-order valence-electron chi connectivity index (χ0n) is 14.3. The van der Waals surface area contributed by atoms with Crippen molar-refractivity contribution in [3.8, 4) is 0 Å².